The van der Waals surface area contributed by atoms with Crippen LogP contribution in [0, 0.1) is 17.2 Å². The normalized spacial score (nSPS) is 12.4. The maximum atomic E-state index is 9.03. The fourth-order valence-electron chi connectivity index (χ4n) is 1.76. The fraction of sp³-hybridized carbons (Fsp3) is 0.500. The van der Waals surface area contributed by atoms with Gasteiger partial charge in [-0.25, -0.2) is 0 Å². The number of benzene rings is 1. The van der Waals surface area contributed by atoms with Gasteiger partial charge in [0.15, 0.2) is 0 Å². The number of aliphatic hydroxyl groups excluding tert-OH is 1. The van der Waals surface area contributed by atoms with Gasteiger partial charge in [0.1, 0.15) is 6.04 Å². The van der Waals surface area contributed by atoms with Crippen molar-refractivity contribution in [3.63, 3.8) is 0 Å². The summed E-state index contributed by atoms with van der Waals surface area (Å²) in [4.78, 5) is 0. The van der Waals surface area contributed by atoms with E-state index in [-0.39, 0.29) is 12.6 Å². The molecule has 0 bridgehead atoms. The lowest BCUT2D eigenvalue weighted by Gasteiger charge is -2.12. The van der Waals surface area contributed by atoms with E-state index in [4.69, 9.17) is 10.4 Å². The van der Waals surface area contributed by atoms with Crippen molar-refractivity contribution < 1.29 is 5.11 Å². The Morgan fingerprint density at radius 1 is 1.29 bits per heavy atom. The van der Waals surface area contributed by atoms with Crippen molar-refractivity contribution in [3.8, 4) is 6.07 Å². The number of aliphatic hydroxyl groups is 1. The molecule has 1 aromatic carbocycles. The average Bonchev–Trinajstić information content (AvgIpc) is 2.31. The molecule has 0 saturated heterocycles. The van der Waals surface area contributed by atoms with Gasteiger partial charge in [-0.2, -0.15) is 5.26 Å². The van der Waals surface area contributed by atoms with E-state index in [9.17, 15) is 0 Å². The summed E-state index contributed by atoms with van der Waals surface area (Å²) in [6, 6.07) is 9.96. The number of hydrogen-bond acceptors (Lipinski definition) is 3. The highest BCUT2D eigenvalue weighted by molar-refractivity contribution is 5.28. The van der Waals surface area contributed by atoms with E-state index in [1.54, 1.807) is 0 Å². The molecule has 0 heterocycles. The van der Waals surface area contributed by atoms with Gasteiger partial charge >= 0.3 is 0 Å². The first-order valence-corrected chi connectivity index (χ1v) is 6.00. The second kappa shape index (κ2) is 7.05. The van der Waals surface area contributed by atoms with Crippen LogP contribution in [0.2, 0.25) is 0 Å². The fourth-order valence-corrected chi connectivity index (χ4v) is 1.76. The summed E-state index contributed by atoms with van der Waals surface area (Å²) in [7, 11) is 0. The summed E-state index contributed by atoms with van der Waals surface area (Å²) in [5, 5.41) is 20.7. The summed E-state index contributed by atoms with van der Waals surface area (Å²) in [5.41, 5.74) is 2.25. The monoisotopic (exact) mass is 232 g/mol. The quantitative estimate of drug-likeness (QED) is 0.789. The van der Waals surface area contributed by atoms with Crippen LogP contribution < -0.4 is 5.32 Å². The Kier molecular flexibility index (Phi) is 5.68. The summed E-state index contributed by atoms with van der Waals surface area (Å²) >= 11 is 0. The number of nitriles is 1. The molecule has 0 radical (unpaired) electrons. The van der Waals surface area contributed by atoms with Crippen LogP contribution in [0.25, 0.3) is 0 Å². The topological polar surface area (TPSA) is 56.0 Å². The zero-order valence-corrected chi connectivity index (χ0v) is 10.5. The van der Waals surface area contributed by atoms with Crippen molar-refractivity contribution in [1.29, 1.82) is 5.26 Å². The van der Waals surface area contributed by atoms with Crippen LogP contribution in [-0.2, 0) is 6.42 Å². The third-order valence-electron chi connectivity index (χ3n) is 2.55. The van der Waals surface area contributed by atoms with Gasteiger partial charge in [-0.1, -0.05) is 38.1 Å². The molecule has 92 valence electrons. The first-order chi connectivity index (χ1) is 8.17. The average molecular weight is 232 g/mol. The van der Waals surface area contributed by atoms with Gasteiger partial charge in [-0.05, 0) is 23.5 Å². The highest BCUT2D eigenvalue weighted by Gasteiger charge is 2.08. The Hall–Kier alpha value is -1.37. The maximum Gasteiger partial charge on any atom is 0.121 e. The SMILES string of the molecule is CC(C)Cc1ccc(C(C#N)NCCO)cc1. The highest BCUT2D eigenvalue weighted by atomic mass is 16.3. The van der Waals surface area contributed by atoms with Gasteiger partial charge in [0, 0.05) is 6.54 Å². The molecule has 3 heteroatoms. The van der Waals surface area contributed by atoms with Gasteiger partial charge in [0.2, 0.25) is 0 Å². The van der Waals surface area contributed by atoms with Gasteiger partial charge in [0.25, 0.3) is 0 Å². The van der Waals surface area contributed by atoms with Crippen LogP contribution >= 0.6 is 0 Å². The zero-order valence-electron chi connectivity index (χ0n) is 10.5. The van der Waals surface area contributed by atoms with Crippen molar-refractivity contribution in [1.82, 2.24) is 5.32 Å². The molecule has 0 aliphatic heterocycles. The Morgan fingerprint density at radius 2 is 1.94 bits per heavy atom. The molecule has 1 rings (SSSR count). The van der Waals surface area contributed by atoms with E-state index in [0.717, 1.165) is 12.0 Å². The first kappa shape index (κ1) is 13.7. The van der Waals surface area contributed by atoms with Crippen molar-refractivity contribution in [2.75, 3.05) is 13.2 Å². The van der Waals surface area contributed by atoms with E-state index in [2.05, 4.69) is 37.4 Å². The van der Waals surface area contributed by atoms with Gasteiger partial charge < -0.3 is 5.11 Å². The van der Waals surface area contributed by atoms with E-state index < -0.39 is 0 Å². The minimum absolute atomic E-state index is 0.0453. The number of nitrogens with one attached hydrogen (secondary N) is 1. The largest absolute Gasteiger partial charge is 0.395 e. The Balaban J connectivity index is 2.68. The molecule has 0 saturated carbocycles. The van der Waals surface area contributed by atoms with Crippen LogP contribution in [0.15, 0.2) is 24.3 Å². The van der Waals surface area contributed by atoms with Gasteiger partial charge in [0.05, 0.1) is 12.7 Å². The maximum absolute atomic E-state index is 9.03. The second-order valence-electron chi connectivity index (χ2n) is 4.58. The molecule has 1 atom stereocenters. The van der Waals surface area contributed by atoms with Crippen molar-refractivity contribution in [2.24, 2.45) is 5.92 Å². The molecule has 0 amide bonds. The minimum Gasteiger partial charge on any atom is -0.395 e. The van der Waals surface area contributed by atoms with Crippen LogP contribution in [0.1, 0.15) is 31.0 Å². The molecule has 0 spiro atoms. The van der Waals surface area contributed by atoms with E-state index in [0.29, 0.717) is 12.5 Å². The lowest BCUT2D eigenvalue weighted by Crippen LogP contribution is -2.23. The lowest BCUT2D eigenvalue weighted by molar-refractivity contribution is 0.289. The predicted octanol–water partition coefficient (Wildman–Crippen LogP) is 2.03. The standard InChI is InChI=1S/C14H20N2O/c1-11(2)9-12-3-5-13(6-4-12)14(10-15)16-7-8-17/h3-6,11,14,16-17H,7-9H2,1-2H3. The van der Waals surface area contributed by atoms with Crippen LogP contribution in [0.3, 0.4) is 0 Å². The molecule has 3 nitrogen and oxygen atoms in total. The van der Waals surface area contributed by atoms with Crippen LogP contribution in [-0.4, -0.2) is 18.3 Å². The van der Waals surface area contributed by atoms with Gasteiger partial charge in [-0.3, -0.25) is 5.32 Å². The predicted molar refractivity (Wildman–Crippen MR) is 68.4 cm³/mol. The van der Waals surface area contributed by atoms with E-state index in [1.165, 1.54) is 5.56 Å². The second-order valence-corrected chi connectivity index (χ2v) is 4.58. The van der Waals surface area contributed by atoms with E-state index in [1.807, 2.05) is 12.1 Å². The molecule has 0 fully saturated rings. The summed E-state index contributed by atoms with van der Waals surface area (Å²) in [6.45, 7) is 4.86. The lowest BCUT2D eigenvalue weighted by atomic mass is 10.00. The van der Waals surface area contributed by atoms with Crippen LogP contribution in [0.4, 0.5) is 0 Å². The molecule has 1 unspecified atom stereocenters. The Labute approximate surface area is 103 Å². The number of nitrogens with zero attached hydrogens (tertiary/aromatic N) is 1. The molecule has 17 heavy (non-hydrogen) atoms. The number of hydrogen-bond donors (Lipinski definition) is 2. The van der Waals surface area contributed by atoms with Crippen molar-refractivity contribution >= 4 is 0 Å². The molecular formula is C14H20N2O. The molecule has 0 aliphatic rings. The Bertz CT molecular complexity index is 365. The Morgan fingerprint density at radius 3 is 2.41 bits per heavy atom. The molecular weight excluding hydrogens is 212 g/mol. The third-order valence-corrected chi connectivity index (χ3v) is 2.55. The van der Waals surface area contributed by atoms with E-state index >= 15 is 0 Å². The van der Waals surface area contributed by atoms with Gasteiger partial charge in [-0.15, -0.1) is 0 Å². The molecule has 2 N–H and O–H groups in total. The van der Waals surface area contributed by atoms with Crippen molar-refractivity contribution in [2.45, 2.75) is 26.3 Å². The van der Waals surface area contributed by atoms with Crippen LogP contribution in [0.5, 0.6) is 0 Å². The first-order valence-electron chi connectivity index (χ1n) is 6.00. The summed E-state index contributed by atoms with van der Waals surface area (Å²) in [6.07, 6.45) is 1.06. The summed E-state index contributed by atoms with van der Waals surface area (Å²) in [5.74, 6) is 0.639. The molecule has 1 aromatic rings. The molecule has 0 aromatic heterocycles. The smallest absolute Gasteiger partial charge is 0.121 e. The minimum atomic E-state index is -0.338. The summed E-state index contributed by atoms with van der Waals surface area (Å²) < 4.78 is 0. The molecule has 0 aliphatic carbocycles. The zero-order chi connectivity index (χ0) is 12.7. The third kappa shape index (κ3) is 4.56. The highest BCUT2D eigenvalue weighted by Crippen LogP contribution is 2.15. The van der Waals surface area contributed by atoms with Crippen molar-refractivity contribution in [3.05, 3.63) is 35.4 Å². The number of rotatable bonds is 6.